The molecule has 4 nitrogen and oxygen atoms in total. The van der Waals surface area contributed by atoms with Gasteiger partial charge in [-0.25, -0.2) is 0 Å². The predicted octanol–water partition coefficient (Wildman–Crippen LogP) is 2.30. The van der Waals surface area contributed by atoms with E-state index in [1.165, 1.54) is 0 Å². The number of nitrogens with one attached hydrogen (secondary N) is 2. The Morgan fingerprint density at radius 3 is 2.89 bits per heavy atom. The summed E-state index contributed by atoms with van der Waals surface area (Å²) in [6, 6.07) is 7.58. The van der Waals surface area contributed by atoms with Crippen LogP contribution < -0.4 is 5.32 Å². The Bertz CT molecular complexity index is 560. The zero-order chi connectivity index (χ0) is 13.8. The number of H-pyrrole nitrogens is 1. The Morgan fingerprint density at radius 1 is 1.37 bits per heavy atom. The minimum Gasteiger partial charge on any atom is -0.393 e. The summed E-state index contributed by atoms with van der Waals surface area (Å²) in [4.78, 5) is 15.1. The number of aromatic amines is 1. The van der Waals surface area contributed by atoms with Gasteiger partial charge in [-0.15, -0.1) is 0 Å². The first-order valence-electron chi connectivity index (χ1n) is 6.59. The number of aliphatic hydroxyl groups is 1. The fraction of sp³-hybridized carbons (Fsp3) is 0.400. The monoisotopic (exact) mass is 260 g/mol. The molecule has 0 radical (unpaired) electrons. The topological polar surface area (TPSA) is 65.1 Å². The van der Waals surface area contributed by atoms with Crippen LogP contribution in [-0.4, -0.2) is 28.6 Å². The Balaban J connectivity index is 1.95. The molecule has 2 atom stereocenters. The van der Waals surface area contributed by atoms with Crippen LogP contribution in [0.1, 0.15) is 30.6 Å². The molecule has 1 aromatic heterocycles. The molecule has 0 aliphatic carbocycles. The largest absolute Gasteiger partial charge is 0.393 e. The van der Waals surface area contributed by atoms with Crippen molar-refractivity contribution < 1.29 is 9.90 Å². The molecule has 0 saturated carbocycles. The van der Waals surface area contributed by atoms with Gasteiger partial charge in [0.25, 0.3) is 5.91 Å². The van der Waals surface area contributed by atoms with Gasteiger partial charge in [0.05, 0.1) is 6.10 Å². The highest BCUT2D eigenvalue weighted by Gasteiger charge is 2.10. The molecular weight excluding hydrogens is 240 g/mol. The van der Waals surface area contributed by atoms with E-state index >= 15 is 0 Å². The van der Waals surface area contributed by atoms with Gasteiger partial charge < -0.3 is 15.4 Å². The Kier molecular flexibility index (Phi) is 4.22. The van der Waals surface area contributed by atoms with E-state index in [0.29, 0.717) is 18.5 Å². The molecule has 0 saturated heterocycles. The van der Waals surface area contributed by atoms with Gasteiger partial charge in [0.2, 0.25) is 0 Å². The molecule has 0 spiro atoms. The maximum Gasteiger partial charge on any atom is 0.251 e. The van der Waals surface area contributed by atoms with Gasteiger partial charge in [0.15, 0.2) is 0 Å². The molecule has 3 N–H and O–H groups in total. The maximum atomic E-state index is 12.0. The van der Waals surface area contributed by atoms with Crippen molar-refractivity contribution in [3.63, 3.8) is 0 Å². The van der Waals surface area contributed by atoms with Crippen LogP contribution in [0.15, 0.2) is 30.5 Å². The summed E-state index contributed by atoms with van der Waals surface area (Å²) in [6.07, 6.45) is 2.22. The van der Waals surface area contributed by atoms with Crippen molar-refractivity contribution >= 4 is 16.8 Å². The van der Waals surface area contributed by atoms with Crippen molar-refractivity contribution in [2.75, 3.05) is 6.54 Å². The highest BCUT2D eigenvalue weighted by atomic mass is 16.3. The molecule has 2 rings (SSSR count). The zero-order valence-corrected chi connectivity index (χ0v) is 11.3. The molecule has 1 heterocycles. The lowest BCUT2D eigenvalue weighted by Crippen LogP contribution is -2.29. The number of hydrogen-bond donors (Lipinski definition) is 3. The first kappa shape index (κ1) is 13.6. The van der Waals surface area contributed by atoms with E-state index in [1.807, 2.05) is 37.4 Å². The van der Waals surface area contributed by atoms with Gasteiger partial charge in [-0.2, -0.15) is 0 Å². The quantitative estimate of drug-likeness (QED) is 0.772. The fourth-order valence-corrected chi connectivity index (χ4v) is 2.22. The smallest absolute Gasteiger partial charge is 0.251 e. The zero-order valence-electron chi connectivity index (χ0n) is 11.3. The summed E-state index contributed by atoms with van der Waals surface area (Å²) in [5, 5.41) is 13.3. The van der Waals surface area contributed by atoms with Crippen molar-refractivity contribution in [3.05, 3.63) is 36.0 Å². The first-order chi connectivity index (χ1) is 9.06. The molecule has 19 heavy (non-hydrogen) atoms. The molecule has 4 heteroatoms. The Morgan fingerprint density at radius 2 is 2.16 bits per heavy atom. The number of carbonyl (C=O) groups excluding carboxylic acids is 1. The minimum atomic E-state index is -0.331. The molecule has 0 bridgehead atoms. The van der Waals surface area contributed by atoms with Crippen molar-refractivity contribution in [1.82, 2.24) is 10.3 Å². The second-order valence-corrected chi connectivity index (χ2v) is 5.18. The second-order valence-electron chi connectivity index (χ2n) is 5.18. The molecule has 2 unspecified atom stereocenters. The molecule has 0 aliphatic rings. The van der Waals surface area contributed by atoms with E-state index in [1.54, 1.807) is 6.92 Å². The normalized spacial score (nSPS) is 14.3. The van der Waals surface area contributed by atoms with E-state index in [0.717, 1.165) is 10.9 Å². The highest BCUT2D eigenvalue weighted by molar-refractivity contribution is 5.97. The van der Waals surface area contributed by atoms with Crippen molar-refractivity contribution in [1.29, 1.82) is 0 Å². The number of fused-ring (bicyclic) bond motifs is 1. The number of aromatic nitrogens is 1. The summed E-state index contributed by atoms with van der Waals surface area (Å²) in [5.74, 6) is 0.187. The van der Waals surface area contributed by atoms with Crippen molar-refractivity contribution in [2.24, 2.45) is 5.92 Å². The van der Waals surface area contributed by atoms with Gasteiger partial charge in [0, 0.05) is 23.8 Å². The van der Waals surface area contributed by atoms with Crippen LogP contribution in [0.4, 0.5) is 0 Å². The molecule has 0 fully saturated rings. The van der Waals surface area contributed by atoms with Crippen LogP contribution >= 0.6 is 0 Å². The third kappa shape index (κ3) is 3.58. The van der Waals surface area contributed by atoms with E-state index in [4.69, 9.17) is 0 Å². The van der Waals surface area contributed by atoms with Crippen LogP contribution in [0.2, 0.25) is 0 Å². The summed E-state index contributed by atoms with van der Waals surface area (Å²) in [6.45, 7) is 4.35. The lowest BCUT2D eigenvalue weighted by Gasteiger charge is -2.14. The lowest BCUT2D eigenvalue weighted by atomic mass is 10.0. The van der Waals surface area contributed by atoms with E-state index in [2.05, 4.69) is 10.3 Å². The molecule has 2 aromatic rings. The van der Waals surface area contributed by atoms with Crippen LogP contribution in [0.5, 0.6) is 0 Å². The van der Waals surface area contributed by atoms with Gasteiger partial charge in [-0.3, -0.25) is 4.79 Å². The predicted molar refractivity (Wildman–Crippen MR) is 76.1 cm³/mol. The van der Waals surface area contributed by atoms with Crippen molar-refractivity contribution in [2.45, 2.75) is 26.4 Å². The second kappa shape index (κ2) is 5.89. The molecular formula is C15H20N2O2. The minimum absolute atomic E-state index is 0.0751. The molecule has 1 amide bonds. The van der Waals surface area contributed by atoms with E-state index in [-0.39, 0.29) is 17.9 Å². The fourth-order valence-electron chi connectivity index (χ4n) is 2.22. The molecule has 0 aliphatic heterocycles. The number of amides is 1. The van der Waals surface area contributed by atoms with Crippen LogP contribution in [0.3, 0.4) is 0 Å². The molecule has 1 aromatic carbocycles. The van der Waals surface area contributed by atoms with Crippen molar-refractivity contribution in [3.8, 4) is 0 Å². The van der Waals surface area contributed by atoms with E-state index < -0.39 is 0 Å². The number of rotatable bonds is 5. The van der Waals surface area contributed by atoms with Crippen LogP contribution in [-0.2, 0) is 0 Å². The Hall–Kier alpha value is -1.81. The number of benzene rings is 1. The molecule has 102 valence electrons. The average Bonchev–Trinajstić information content (AvgIpc) is 2.82. The SMILES string of the molecule is CC(O)CC(C)CNC(=O)c1ccc2cc[nH]c2c1. The third-order valence-electron chi connectivity index (χ3n) is 3.17. The number of aliphatic hydroxyl groups excluding tert-OH is 1. The summed E-state index contributed by atoms with van der Waals surface area (Å²) in [7, 11) is 0. The summed E-state index contributed by atoms with van der Waals surface area (Å²) >= 11 is 0. The van der Waals surface area contributed by atoms with Crippen LogP contribution in [0, 0.1) is 5.92 Å². The van der Waals surface area contributed by atoms with Gasteiger partial charge >= 0.3 is 0 Å². The van der Waals surface area contributed by atoms with Gasteiger partial charge in [-0.05, 0) is 42.8 Å². The van der Waals surface area contributed by atoms with Gasteiger partial charge in [0.1, 0.15) is 0 Å². The third-order valence-corrected chi connectivity index (χ3v) is 3.17. The maximum absolute atomic E-state index is 12.0. The van der Waals surface area contributed by atoms with Crippen LogP contribution in [0.25, 0.3) is 10.9 Å². The highest BCUT2D eigenvalue weighted by Crippen LogP contribution is 2.14. The summed E-state index contributed by atoms with van der Waals surface area (Å²) < 4.78 is 0. The lowest BCUT2D eigenvalue weighted by molar-refractivity contribution is 0.0939. The average molecular weight is 260 g/mol. The number of carbonyl (C=O) groups is 1. The Labute approximate surface area is 112 Å². The number of hydrogen-bond acceptors (Lipinski definition) is 2. The standard InChI is InChI=1S/C15H20N2O2/c1-10(7-11(2)18)9-17-15(19)13-4-3-12-5-6-16-14(12)8-13/h3-6,8,10-11,16,18H,7,9H2,1-2H3,(H,17,19). The van der Waals surface area contributed by atoms with E-state index in [9.17, 15) is 9.90 Å². The summed E-state index contributed by atoms with van der Waals surface area (Å²) in [5.41, 5.74) is 1.61. The van der Waals surface area contributed by atoms with Gasteiger partial charge in [-0.1, -0.05) is 13.0 Å². The first-order valence-corrected chi connectivity index (χ1v) is 6.59.